The molecule has 1 aliphatic rings. The lowest BCUT2D eigenvalue weighted by Crippen LogP contribution is -2.40. The van der Waals surface area contributed by atoms with Crippen LogP contribution in [0.4, 0.5) is 0 Å². The average Bonchev–Trinajstić information content (AvgIpc) is 2.96. The molecule has 1 aromatic heterocycles. The van der Waals surface area contributed by atoms with E-state index in [2.05, 4.69) is 57.1 Å². The van der Waals surface area contributed by atoms with Gasteiger partial charge in [-0.25, -0.2) is 0 Å². The van der Waals surface area contributed by atoms with E-state index in [-0.39, 0.29) is 24.0 Å². The monoisotopic (exact) mass is 449 g/mol. The van der Waals surface area contributed by atoms with Crippen molar-refractivity contribution in [2.45, 2.75) is 19.4 Å². The number of nitrogens with zero attached hydrogens (tertiary/aromatic N) is 4. The maximum atomic E-state index is 5.37. The summed E-state index contributed by atoms with van der Waals surface area (Å²) in [6.07, 6.45) is 4.45. The van der Waals surface area contributed by atoms with Crippen molar-refractivity contribution in [3.63, 3.8) is 0 Å². The lowest BCUT2D eigenvalue weighted by molar-refractivity contribution is 0.0372. The van der Waals surface area contributed by atoms with Crippen LogP contribution >= 0.6 is 24.0 Å². The molecular formula is C17H32IN5O. The molecule has 0 aliphatic carbocycles. The van der Waals surface area contributed by atoms with E-state index in [4.69, 9.17) is 4.74 Å². The second kappa shape index (κ2) is 11.7. The second-order valence-electron chi connectivity index (χ2n) is 6.10. The molecule has 0 amide bonds. The maximum Gasteiger partial charge on any atom is 0.193 e. The number of unbranched alkanes of at least 4 members (excludes halogenated alkanes) is 1. The lowest BCUT2D eigenvalue weighted by Gasteiger charge is -2.26. The first-order valence-corrected chi connectivity index (χ1v) is 8.53. The van der Waals surface area contributed by atoms with Crippen LogP contribution in [0, 0.1) is 0 Å². The zero-order valence-corrected chi connectivity index (χ0v) is 17.5. The van der Waals surface area contributed by atoms with Gasteiger partial charge >= 0.3 is 0 Å². The Balaban J connectivity index is 0.00000288. The van der Waals surface area contributed by atoms with E-state index >= 15 is 0 Å². The highest BCUT2D eigenvalue weighted by molar-refractivity contribution is 14.0. The van der Waals surface area contributed by atoms with Crippen LogP contribution in [0.15, 0.2) is 23.3 Å². The zero-order chi connectivity index (χ0) is 16.5. The van der Waals surface area contributed by atoms with Crippen LogP contribution in [0.1, 0.15) is 18.5 Å². The van der Waals surface area contributed by atoms with Gasteiger partial charge in [-0.3, -0.25) is 9.89 Å². The Morgan fingerprint density at radius 1 is 1.33 bits per heavy atom. The van der Waals surface area contributed by atoms with Crippen LogP contribution < -0.4 is 5.32 Å². The molecule has 0 radical (unpaired) electrons. The van der Waals surface area contributed by atoms with Gasteiger partial charge in [-0.2, -0.15) is 0 Å². The summed E-state index contributed by atoms with van der Waals surface area (Å²) in [4.78, 5) is 9.03. The number of aliphatic imine (C=N–C) groups is 1. The summed E-state index contributed by atoms with van der Waals surface area (Å²) in [5.41, 5.74) is 1.28. The van der Waals surface area contributed by atoms with Crippen molar-refractivity contribution in [3.8, 4) is 0 Å². The van der Waals surface area contributed by atoms with Crippen LogP contribution in [0.3, 0.4) is 0 Å². The summed E-state index contributed by atoms with van der Waals surface area (Å²) in [6.45, 7) is 6.92. The smallest absolute Gasteiger partial charge is 0.193 e. The van der Waals surface area contributed by atoms with Gasteiger partial charge in [0.15, 0.2) is 5.96 Å². The van der Waals surface area contributed by atoms with E-state index in [1.165, 1.54) is 18.7 Å². The minimum atomic E-state index is 0. The molecule has 1 N–H and O–H groups in total. The van der Waals surface area contributed by atoms with Gasteiger partial charge in [0.05, 0.1) is 19.8 Å². The van der Waals surface area contributed by atoms with Crippen molar-refractivity contribution in [2.75, 3.05) is 53.5 Å². The van der Waals surface area contributed by atoms with Gasteiger partial charge in [0.2, 0.25) is 0 Å². The SMILES string of the molecule is CN=C(NCCCCN1CCOCC1)N(C)Cc1cccn1C.I. The molecule has 6 nitrogen and oxygen atoms in total. The number of aryl methyl sites for hydroxylation is 1. The Morgan fingerprint density at radius 3 is 2.71 bits per heavy atom. The molecule has 138 valence electrons. The van der Waals surface area contributed by atoms with Gasteiger partial charge in [0, 0.05) is 52.7 Å². The molecular weight excluding hydrogens is 417 g/mol. The van der Waals surface area contributed by atoms with Gasteiger partial charge in [-0.1, -0.05) is 0 Å². The summed E-state index contributed by atoms with van der Waals surface area (Å²) in [5.74, 6) is 0.956. The van der Waals surface area contributed by atoms with E-state index in [0.29, 0.717) is 0 Å². The average molecular weight is 449 g/mol. The molecule has 0 atom stereocenters. The quantitative estimate of drug-likeness (QED) is 0.298. The normalized spacial score (nSPS) is 15.9. The van der Waals surface area contributed by atoms with E-state index in [9.17, 15) is 0 Å². The maximum absolute atomic E-state index is 5.37. The van der Waals surface area contributed by atoms with Crippen LogP contribution in [0.2, 0.25) is 0 Å². The van der Waals surface area contributed by atoms with E-state index in [1.807, 2.05) is 7.05 Å². The Morgan fingerprint density at radius 2 is 2.08 bits per heavy atom. The summed E-state index contributed by atoms with van der Waals surface area (Å²) < 4.78 is 7.52. The van der Waals surface area contributed by atoms with Crippen molar-refractivity contribution in [3.05, 3.63) is 24.0 Å². The molecule has 1 aromatic rings. The van der Waals surface area contributed by atoms with Gasteiger partial charge in [0.25, 0.3) is 0 Å². The van der Waals surface area contributed by atoms with Gasteiger partial charge in [-0.05, 0) is 31.5 Å². The van der Waals surface area contributed by atoms with Crippen molar-refractivity contribution < 1.29 is 4.74 Å². The van der Waals surface area contributed by atoms with Crippen molar-refractivity contribution >= 4 is 29.9 Å². The topological polar surface area (TPSA) is 45.0 Å². The molecule has 0 aromatic carbocycles. The molecule has 2 rings (SSSR count). The van der Waals surface area contributed by atoms with Crippen LogP contribution in [0.5, 0.6) is 0 Å². The van der Waals surface area contributed by atoms with Crippen LogP contribution in [-0.2, 0) is 18.3 Å². The van der Waals surface area contributed by atoms with E-state index in [1.54, 1.807) is 0 Å². The van der Waals surface area contributed by atoms with E-state index in [0.717, 1.165) is 51.8 Å². The molecule has 1 fully saturated rings. The van der Waals surface area contributed by atoms with Gasteiger partial charge in [0.1, 0.15) is 0 Å². The number of hydrogen-bond donors (Lipinski definition) is 1. The van der Waals surface area contributed by atoms with Crippen LogP contribution in [0.25, 0.3) is 0 Å². The number of morpholine rings is 1. The summed E-state index contributed by atoms with van der Waals surface area (Å²) >= 11 is 0. The molecule has 1 aliphatic heterocycles. The Bertz CT molecular complexity index is 485. The lowest BCUT2D eigenvalue weighted by atomic mass is 10.2. The standard InChI is InChI=1S/C17H31N5O.HI/c1-18-17(21(3)15-16-7-6-9-20(16)2)19-8-4-5-10-22-11-13-23-14-12-22;/h6-7,9H,4-5,8,10-15H2,1-3H3,(H,18,19);1H. The molecule has 0 saturated carbocycles. The number of rotatable bonds is 7. The molecule has 0 spiro atoms. The van der Waals surface area contributed by atoms with Gasteiger partial charge < -0.3 is 19.5 Å². The molecule has 7 heteroatoms. The molecule has 24 heavy (non-hydrogen) atoms. The molecule has 2 heterocycles. The number of aromatic nitrogens is 1. The number of ether oxygens (including phenoxy) is 1. The number of guanidine groups is 1. The summed E-state index contributed by atoms with van der Waals surface area (Å²) in [5, 5.41) is 3.46. The van der Waals surface area contributed by atoms with E-state index < -0.39 is 0 Å². The summed E-state index contributed by atoms with van der Waals surface area (Å²) in [7, 11) is 6.00. The molecule has 0 unspecified atom stereocenters. The minimum Gasteiger partial charge on any atom is -0.379 e. The predicted octanol–water partition coefficient (Wildman–Crippen LogP) is 1.76. The second-order valence-corrected chi connectivity index (χ2v) is 6.10. The molecule has 1 saturated heterocycles. The van der Waals surface area contributed by atoms with Gasteiger partial charge in [-0.15, -0.1) is 24.0 Å². The third-order valence-corrected chi connectivity index (χ3v) is 4.31. The highest BCUT2D eigenvalue weighted by atomic mass is 127. The highest BCUT2D eigenvalue weighted by Crippen LogP contribution is 2.04. The summed E-state index contributed by atoms with van der Waals surface area (Å²) in [6, 6.07) is 4.22. The number of hydrogen-bond acceptors (Lipinski definition) is 3. The Labute approximate surface area is 163 Å². The fourth-order valence-electron chi connectivity index (χ4n) is 2.85. The van der Waals surface area contributed by atoms with Crippen molar-refractivity contribution in [1.29, 1.82) is 0 Å². The third-order valence-electron chi connectivity index (χ3n) is 4.31. The third kappa shape index (κ3) is 6.98. The van der Waals surface area contributed by atoms with Crippen molar-refractivity contribution in [2.24, 2.45) is 12.0 Å². The number of halogens is 1. The Hall–Kier alpha value is -0.800. The van der Waals surface area contributed by atoms with Crippen molar-refractivity contribution in [1.82, 2.24) is 19.7 Å². The highest BCUT2D eigenvalue weighted by Gasteiger charge is 2.10. The fraction of sp³-hybridized carbons (Fsp3) is 0.706. The Kier molecular flexibility index (Phi) is 10.4. The largest absolute Gasteiger partial charge is 0.379 e. The van der Waals surface area contributed by atoms with Crippen LogP contribution in [-0.4, -0.2) is 73.8 Å². The fourth-order valence-corrected chi connectivity index (χ4v) is 2.85. The molecule has 0 bridgehead atoms. The first-order chi connectivity index (χ1) is 11.2. The minimum absolute atomic E-state index is 0. The first kappa shape index (κ1) is 21.2. The first-order valence-electron chi connectivity index (χ1n) is 8.53. The zero-order valence-electron chi connectivity index (χ0n) is 15.2. The predicted molar refractivity (Wildman–Crippen MR) is 110 cm³/mol. The number of nitrogens with one attached hydrogen (secondary N) is 1.